The van der Waals surface area contributed by atoms with Crippen molar-refractivity contribution in [3.8, 4) is 0 Å². The minimum atomic E-state index is 0.582. The highest BCUT2D eigenvalue weighted by molar-refractivity contribution is 6.35. The van der Waals surface area contributed by atoms with Gasteiger partial charge in [0, 0.05) is 30.1 Å². The van der Waals surface area contributed by atoms with Crippen LogP contribution in [-0.2, 0) is 0 Å². The number of nitrogens with two attached hydrogens (primary N) is 1. The number of anilines is 1. The predicted molar refractivity (Wildman–Crippen MR) is 64.3 cm³/mol. The number of hydrogen-bond acceptors (Lipinski definition) is 3. The third-order valence-electron chi connectivity index (χ3n) is 2.18. The Labute approximate surface area is 93.3 Å². The molecule has 0 bridgehead atoms. The van der Waals surface area contributed by atoms with E-state index < -0.39 is 0 Å². The summed E-state index contributed by atoms with van der Waals surface area (Å²) in [5.74, 6) is 0.834. The molecule has 0 spiro atoms. The molecule has 0 saturated heterocycles. The molecule has 1 heterocycles. The van der Waals surface area contributed by atoms with Gasteiger partial charge in [-0.05, 0) is 0 Å². The van der Waals surface area contributed by atoms with Gasteiger partial charge in [-0.2, -0.15) is 0 Å². The molecule has 15 heavy (non-hydrogen) atoms. The minimum Gasteiger partial charge on any atom is -0.368 e. The first kappa shape index (κ1) is 10.2. The molecule has 0 aliphatic rings. The smallest absolute Gasteiger partial charge is 0.133 e. The van der Waals surface area contributed by atoms with Crippen molar-refractivity contribution in [2.45, 2.75) is 0 Å². The Hall–Kier alpha value is -1.32. The first-order valence-corrected chi connectivity index (χ1v) is 5.18. The lowest BCUT2D eigenvalue weighted by Crippen LogP contribution is -2.14. The van der Waals surface area contributed by atoms with Crippen molar-refractivity contribution >= 4 is 28.2 Å². The lowest BCUT2D eigenvalue weighted by atomic mass is 10.1. The zero-order chi connectivity index (χ0) is 10.7. The molecule has 4 heteroatoms. The van der Waals surface area contributed by atoms with Crippen LogP contribution in [0.5, 0.6) is 0 Å². The monoisotopic (exact) mass is 221 g/mol. The summed E-state index contributed by atoms with van der Waals surface area (Å²) in [5, 5.41) is 5.87. The molecule has 0 unspecified atom stereocenters. The summed E-state index contributed by atoms with van der Waals surface area (Å²) >= 11 is 6.05. The molecule has 3 nitrogen and oxygen atoms in total. The molecule has 2 aromatic rings. The van der Waals surface area contributed by atoms with Crippen LogP contribution in [0.15, 0.2) is 30.5 Å². The van der Waals surface area contributed by atoms with Gasteiger partial charge in [0.2, 0.25) is 0 Å². The number of nitrogens with one attached hydrogen (secondary N) is 1. The van der Waals surface area contributed by atoms with Gasteiger partial charge in [-0.15, -0.1) is 0 Å². The van der Waals surface area contributed by atoms with Crippen molar-refractivity contribution in [2.75, 3.05) is 18.4 Å². The van der Waals surface area contributed by atoms with E-state index in [-0.39, 0.29) is 0 Å². The second kappa shape index (κ2) is 4.47. The van der Waals surface area contributed by atoms with Crippen LogP contribution in [0.3, 0.4) is 0 Å². The Morgan fingerprint density at radius 3 is 2.73 bits per heavy atom. The highest BCUT2D eigenvalue weighted by atomic mass is 35.5. The van der Waals surface area contributed by atoms with E-state index in [9.17, 15) is 0 Å². The molecule has 2 rings (SSSR count). The second-order valence-electron chi connectivity index (χ2n) is 3.22. The summed E-state index contributed by atoms with van der Waals surface area (Å²) in [6.45, 7) is 1.29. The van der Waals surface area contributed by atoms with Crippen molar-refractivity contribution in [3.63, 3.8) is 0 Å². The quantitative estimate of drug-likeness (QED) is 0.836. The molecular formula is C11H12ClN3. The van der Waals surface area contributed by atoms with Crippen molar-refractivity contribution in [1.29, 1.82) is 0 Å². The van der Waals surface area contributed by atoms with Crippen LogP contribution in [0.4, 0.5) is 5.82 Å². The van der Waals surface area contributed by atoms with Crippen LogP contribution in [0, 0.1) is 0 Å². The van der Waals surface area contributed by atoms with E-state index in [2.05, 4.69) is 10.3 Å². The van der Waals surface area contributed by atoms with Gasteiger partial charge in [0.15, 0.2) is 0 Å². The number of halogens is 1. The van der Waals surface area contributed by atoms with Crippen molar-refractivity contribution in [3.05, 3.63) is 35.5 Å². The highest BCUT2D eigenvalue weighted by Gasteiger charge is 2.04. The molecule has 0 fully saturated rings. The van der Waals surface area contributed by atoms with E-state index in [0.717, 1.165) is 16.6 Å². The van der Waals surface area contributed by atoms with E-state index in [0.29, 0.717) is 18.1 Å². The van der Waals surface area contributed by atoms with Crippen LogP contribution >= 0.6 is 11.6 Å². The van der Waals surface area contributed by atoms with Gasteiger partial charge in [0.25, 0.3) is 0 Å². The molecule has 0 amide bonds. The zero-order valence-electron chi connectivity index (χ0n) is 8.20. The van der Waals surface area contributed by atoms with Crippen molar-refractivity contribution in [2.24, 2.45) is 5.73 Å². The van der Waals surface area contributed by atoms with Gasteiger partial charge in [-0.1, -0.05) is 35.9 Å². The van der Waals surface area contributed by atoms with E-state index >= 15 is 0 Å². The largest absolute Gasteiger partial charge is 0.368 e. The first-order valence-electron chi connectivity index (χ1n) is 4.80. The van der Waals surface area contributed by atoms with E-state index in [1.54, 1.807) is 6.20 Å². The minimum absolute atomic E-state index is 0.582. The standard InChI is InChI=1S/C11H12ClN3/c12-10-7-15-11(14-6-5-13)9-4-2-1-3-8(9)10/h1-4,7H,5-6,13H2,(H,14,15). The van der Waals surface area contributed by atoms with Gasteiger partial charge < -0.3 is 11.1 Å². The average Bonchev–Trinajstić information content (AvgIpc) is 2.29. The van der Waals surface area contributed by atoms with Crippen LogP contribution in [0.25, 0.3) is 10.8 Å². The van der Waals surface area contributed by atoms with Gasteiger partial charge in [-0.25, -0.2) is 4.98 Å². The number of hydrogen-bond donors (Lipinski definition) is 2. The zero-order valence-corrected chi connectivity index (χ0v) is 8.96. The molecule has 0 atom stereocenters. The summed E-state index contributed by atoms with van der Waals surface area (Å²) in [5.41, 5.74) is 5.43. The summed E-state index contributed by atoms with van der Waals surface area (Å²) in [4.78, 5) is 4.25. The van der Waals surface area contributed by atoms with Crippen LogP contribution < -0.4 is 11.1 Å². The van der Waals surface area contributed by atoms with E-state index in [4.69, 9.17) is 17.3 Å². The van der Waals surface area contributed by atoms with Gasteiger partial charge in [0.05, 0.1) is 5.02 Å². The fraction of sp³-hybridized carbons (Fsp3) is 0.182. The van der Waals surface area contributed by atoms with Crippen LogP contribution in [0.2, 0.25) is 5.02 Å². The van der Waals surface area contributed by atoms with Gasteiger partial charge in [-0.3, -0.25) is 0 Å². The summed E-state index contributed by atoms with van der Waals surface area (Å²) in [6.07, 6.45) is 1.66. The predicted octanol–water partition coefficient (Wildman–Crippen LogP) is 2.26. The number of rotatable bonds is 3. The molecule has 0 aliphatic carbocycles. The first-order chi connectivity index (χ1) is 7.33. The van der Waals surface area contributed by atoms with Crippen LogP contribution in [0.1, 0.15) is 0 Å². The maximum absolute atomic E-state index is 6.05. The summed E-state index contributed by atoms with van der Waals surface area (Å²) in [6, 6.07) is 7.90. The molecular weight excluding hydrogens is 210 g/mol. The number of benzene rings is 1. The van der Waals surface area contributed by atoms with E-state index in [1.165, 1.54) is 0 Å². The van der Waals surface area contributed by atoms with E-state index in [1.807, 2.05) is 24.3 Å². The number of fused-ring (bicyclic) bond motifs is 1. The van der Waals surface area contributed by atoms with Gasteiger partial charge >= 0.3 is 0 Å². The van der Waals surface area contributed by atoms with Gasteiger partial charge in [0.1, 0.15) is 5.82 Å². The fourth-order valence-electron chi connectivity index (χ4n) is 1.49. The third kappa shape index (κ3) is 2.03. The second-order valence-corrected chi connectivity index (χ2v) is 3.62. The Kier molecular flexibility index (Phi) is 3.04. The Morgan fingerprint density at radius 2 is 2.00 bits per heavy atom. The van der Waals surface area contributed by atoms with Crippen molar-refractivity contribution < 1.29 is 0 Å². The normalized spacial score (nSPS) is 10.5. The lowest BCUT2D eigenvalue weighted by Gasteiger charge is -2.08. The van der Waals surface area contributed by atoms with Crippen molar-refractivity contribution in [1.82, 2.24) is 4.98 Å². The molecule has 0 aliphatic heterocycles. The molecule has 3 N–H and O–H groups in total. The highest BCUT2D eigenvalue weighted by Crippen LogP contribution is 2.27. The molecule has 1 aromatic carbocycles. The van der Waals surface area contributed by atoms with Crippen LogP contribution in [-0.4, -0.2) is 18.1 Å². The molecule has 0 saturated carbocycles. The number of pyridine rings is 1. The molecule has 0 radical (unpaired) electrons. The molecule has 1 aromatic heterocycles. The number of nitrogens with zero attached hydrogens (tertiary/aromatic N) is 1. The number of aromatic nitrogens is 1. The third-order valence-corrected chi connectivity index (χ3v) is 2.48. The lowest BCUT2D eigenvalue weighted by molar-refractivity contribution is 1.02. The molecule has 78 valence electrons. The average molecular weight is 222 g/mol. The fourth-order valence-corrected chi connectivity index (χ4v) is 1.70. The maximum atomic E-state index is 6.05. The summed E-state index contributed by atoms with van der Waals surface area (Å²) in [7, 11) is 0. The topological polar surface area (TPSA) is 50.9 Å². The summed E-state index contributed by atoms with van der Waals surface area (Å²) < 4.78 is 0. The maximum Gasteiger partial charge on any atom is 0.133 e. The Bertz CT molecular complexity index is 470. The SMILES string of the molecule is NCCNc1ncc(Cl)c2ccccc12. The Morgan fingerprint density at radius 1 is 1.27 bits per heavy atom. The Balaban J connectivity index is 2.51.